The van der Waals surface area contributed by atoms with Gasteiger partial charge in [0.25, 0.3) is 5.91 Å². The third kappa shape index (κ3) is 8.27. The number of carbonyl (C=O) groups is 2. The van der Waals surface area contributed by atoms with Crippen LogP contribution < -0.4 is 10.6 Å². The lowest BCUT2D eigenvalue weighted by molar-refractivity contribution is -0.143. The van der Waals surface area contributed by atoms with E-state index >= 15 is 0 Å². The van der Waals surface area contributed by atoms with Crippen LogP contribution in [0.4, 0.5) is 5.82 Å². The summed E-state index contributed by atoms with van der Waals surface area (Å²) >= 11 is 0. The van der Waals surface area contributed by atoms with Gasteiger partial charge >= 0.3 is 0 Å². The first-order valence-corrected chi connectivity index (χ1v) is 13.9. The summed E-state index contributed by atoms with van der Waals surface area (Å²) in [5.41, 5.74) is 1.27. The van der Waals surface area contributed by atoms with E-state index in [0.29, 0.717) is 42.9 Å². The molecule has 13 heteroatoms. The Morgan fingerprint density at radius 2 is 1.88 bits per heavy atom. The van der Waals surface area contributed by atoms with Crippen LogP contribution in [0.15, 0.2) is 43.0 Å². The maximum absolute atomic E-state index is 12.7. The molecular formula is C28H38N6O7. The topological polar surface area (TPSA) is 159 Å². The Kier molecular flexibility index (Phi) is 11.5. The van der Waals surface area contributed by atoms with Crippen molar-refractivity contribution in [1.82, 2.24) is 24.8 Å². The summed E-state index contributed by atoms with van der Waals surface area (Å²) in [6.45, 7) is 5.21. The molecule has 4 rings (SSSR count). The lowest BCUT2D eigenvalue weighted by atomic mass is 10.1. The van der Waals surface area contributed by atoms with Crippen LogP contribution in [0.2, 0.25) is 0 Å². The highest BCUT2D eigenvalue weighted by Gasteiger charge is 2.44. The average molecular weight is 571 g/mol. The predicted octanol–water partition coefficient (Wildman–Crippen LogP) is 2.43. The van der Waals surface area contributed by atoms with Crippen molar-refractivity contribution >= 4 is 28.8 Å². The van der Waals surface area contributed by atoms with Crippen LogP contribution in [0.25, 0.3) is 11.2 Å². The van der Waals surface area contributed by atoms with Gasteiger partial charge in [-0.25, -0.2) is 15.0 Å². The van der Waals surface area contributed by atoms with E-state index in [1.807, 2.05) is 6.07 Å². The Balaban J connectivity index is 1.26. The highest BCUT2D eigenvalue weighted by Crippen LogP contribution is 2.34. The van der Waals surface area contributed by atoms with Crippen molar-refractivity contribution in [1.29, 1.82) is 0 Å². The molecule has 4 unspecified atom stereocenters. The van der Waals surface area contributed by atoms with E-state index in [0.717, 1.165) is 19.3 Å². The number of imidazole rings is 1. The zero-order valence-corrected chi connectivity index (χ0v) is 23.4. The Labute approximate surface area is 238 Å². The van der Waals surface area contributed by atoms with Crippen LogP contribution in [-0.4, -0.2) is 87.9 Å². The first kappa shape index (κ1) is 30.5. The van der Waals surface area contributed by atoms with E-state index < -0.39 is 24.5 Å². The standard InChI is InChI=1S/C28H38N6O7/c1-3-4-6-11-21(35)29-12-13-38-14-15-39-18-40-24-23(36)19(2)41-28(24)34-17-32-22-25(30-16-31-26(22)34)33-27(37)20-9-7-5-8-10-20/h5,7-10,16-17,19,23-24,28,36H,3-4,6,11-15,18H2,1-2H3,(H,29,35)(H,30,31,33,37). The second-order valence-corrected chi connectivity index (χ2v) is 9.67. The van der Waals surface area contributed by atoms with Gasteiger partial charge in [-0.1, -0.05) is 38.0 Å². The van der Waals surface area contributed by atoms with Crippen LogP contribution in [0.3, 0.4) is 0 Å². The van der Waals surface area contributed by atoms with Gasteiger partial charge in [-0.3, -0.25) is 14.2 Å². The fourth-order valence-corrected chi connectivity index (χ4v) is 4.41. The zero-order valence-electron chi connectivity index (χ0n) is 23.4. The molecule has 0 saturated carbocycles. The molecule has 1 aromatic carbocycles. The first-order valence-electron chi connectivity index (χ1n) is 13.9. The normalized spacial score (nSPS) is 20.4. The molecule has 0 bridgehead atoms. The van der Waals surface area contributed by atoms with E-state index in [9.17, 15) is 14.7 Å². The number of ether oxygens (including phenoxy) is 4. The van der Waals surface area contributed by atoms with Gasteiger partial charge in [-0.05, 0) is 25.5 Å². The van der Waals surface area contributed by atoms with Crippen LogP contribution >= 0.6 is 0 Å². The largest absolute Gasteiger partial charge is 0.388 e. The highest BCUT2D eigenvalue weighted by atomic mass is 16.7. The van der Waals surface area contributed by atoms with E-state index in [1.165, 1.54) is 12.7 Å². The predicted molar refractivity (Wildman–Crippen MR) is 149 cm³/mol. The molecule has 2 amide bonds. The number of aliphatic hydroxyl groups is 1. The van der Waals surface area contributed by atoms with Crippen LogP contribution in [0, 0.1) is 0 Å². The molecule has 1 aliphatic heterocycles. The SMILES string of the molecule is CCCCCC(=O)NCCOCCOCOC1C(O)C(C)OC1n1cnc2c(NC(=O)c3ccccc3)ncnc21. The lowest BCUT2D eigenvalue weighted by Crippen LogP contribution is -2.34. The molecule has 2 aromatic heterocycles. The summed E-state index contributed by atoms with van der Waals surface area (Å²) in [6, 6.07) is 8.78. The Morgan fingerprint density at radius 1 is 1.07 bits per heavy atom. The number of anilines is 1. The maximum atomic E-state index is 12.7. The van der Waals surface area contributed by atoms with Crippen molar-refractivity contribution in [3.8, 4) is 0 Å². The van der Waals surface area contributed by atoms with Gasteiger partial charge in [-0.15, -0.1) is 0 Å². The Morgan fingerprint density at radius 3 is 2.68 bits per heavy atom. The lowest BCUT2D eigenvalue weighted by Gasteiger charge is -2.22. The number of carbonyl (C=O) groups excluding carboxylic acids is 2. The minimum absolute atomic E-state index is 0.0399. The number of unbranched alkanes of at least 4 members (excludes halogenated alkanes) is 2. The number of fused-ring (bicyclic) bond motifs is 1. The number of nitrogens with zero attached hydrogens (tertiary/aromatic N) is 4. The summed E-state index contributed by atoms with van der Waals surface area (Å²) in [7, 11) is 0. The Bertz CT molecular complexity index is 1260. The average Bonchev–Trinajstić information content (AvgIpc) is 3.53. The number of aromatic nitrogens is 4. The van der Waals surface area contributed by atoms with Gasteiger partial charge < -0.3 is 34.7 Å². The third-order valence-corrected chi connectivity index (χ3v) is 6.65. The van der Waals surface area contributed by atoms with E-state index in [-0.39, 0.29) is 31.0 Å². The second-order valence-electron chi connectivity index (χ2n) is 9.67. The smallest absolute Gasteiger partial charge is 0.256 e. The monoisotopic (exact) mass is 570 g/mol. The minimum Gasteiger partial charge on any atom is -0.388 e. The number of hydrogen-bond donors (Lipinski definition) is 3. The van der Waals surface area contributed by atoms with E-state index in [4.69, 9.17) is 18.9 Å². The van der Waals surface area contributed by atoms with Gasteiger partial charge in [0.05, 0.1) is 32.3 Å². The Hall–Kier alpha value is -3.49. The van der Waals surface area contributed by atoms with Crippen molar-refractivity contribution in [3.05, 3.63) is 48.5 Å². The van der Waals surface area contributed by atoms with Crippen LogP contribution in [-0.2, 0) is 23.7 Å². The summed E-state index contributed by atoms with van der Waals surface area (Å²) in [4.78, 5) is 37.3. The molecule has 1 aliphatic rings. The summed E-state index contributed by atoms with van der Waals surface area (Å²) in [6.07, 6.45) is 3.48. The maximum Gasteiger partial charge on any atom is 0.256 e. The third-order valence-electron chi connectivity index (χ3n) is 6.65. The molecular weight excluding hydrogens is 532 g/mol. The number of amides is 2. The van der Waals surface area contributed by atoms with Crippen molar-refractivity contribution in [2.45, 2.75) is 64.1 Å². The molecule has 3 heterocycles. The quantitative estimate of drug-likeness (QED) is 0.172. The van der Waals surface area contributed by atoms with Gasteiger partial charge in [-0.2, -0.15) is 0 Å². The molecule has 1 fully saturated rings. The molecule has 13 nitrogen and oxygen atoms in total. The fourth-order valence-electron chi connectivity index (χ4n) is 4.41. The molecule has 3 N–H and O–H groups in total. The van der Waals surface area contributed by atoms with Gasteiger partial charge in [0.2, 0.25) is 5.91 Å². The van der Waals surface area contributed by atoms with Crippen molar-refractivity contribution in [2.75, 3.05) is 38.5 Å². The summed E-state index contributed by atoms with van der Waals surface area (Å²) < 4.78 is 24.5. The highest BCUT2D eigenvalue weighted by molar-refractivity contribution is 6.06. The molecule has 3 aromatic rings. The van der Waals surface area contributed by atoms with Gasteiger partial charge in [0.1, 0.15) is 25.3 Å². The molecule has 0 aliphatic carbocycles. The number of rotatable bonds is 16. The number of nitrogens with one attached hydrogen (secondary N) is 2. The molecule has 4 atom stereocenters. The number of aliphatic hydroxyl groups excluding tert-OH is 1. The van der Waals surface area contributed by atoms with Gasteiger partial charge in [0, 0.05) is 18.5 Å². The van der Waals surface area contributed by atoms with Crippen LogP contribution in [0.5, 0.6) is 0 Å². The van der Waals surface area contributed by atoms with Crippen LogP contribution in [0.1, 0.15) is 56.1 Å². The molecule has 0 spiro atoms. The zero-order chi connectivity index (χ0) is 29.0. The molecule has 41 heavy (non-hydrogen) atoms. The summed E-state index contributed by atoms with van der Waals surface area (Å²) in [5.74, 6) is -0.0278. The van der Waals surface area contributed by atoms with E-state index in [1.54, 1.807) is 35.8 Å². The summed E-state index contributed by atoms with van der Waals surface area (Å²) in [5, 5.41) is 16.3. The number of benzene rings is 1. The van der Waals surface area contributed by atoms with Crippen molar-refractivity contribution in [2.24, 2.45) is 0 Å². The van der Waals surface area contributed by atoms with Crippen molar-refractivity contribution in [3.63, 3.8) is 0 Å². The first-order chi connectivity index (χ1) is 20.0. The van der Waals surface area contributed by atoms with Gasteiger partial charge in [0.15, 0.2) is 23.2 Å². The number of hydrogen-bond acceptors (Lipinski definition) is 10. The molecule has 0 radical (unpaired) electrons. The van der Waals surface area contributed by atoms with Crippen molar-refractivity contribution < 1.29 is 33.6 Å². The minimum atomic E-state index is -0.919. The van der Waals surface area contributed by atoms with E-state index in [2.05, 4.69) is 32.5 Å². The molecule has 222 valence electrons. The fraction of sp³-hybridized carbons (Fsp3) is 0.536. The molecule has 1 saturated heterocycles. The second kappa shape index (κ2) is 15.5.